The normalized spacial score (nSPS) is 17.3. The van der Waals surface area contributed by atoms with E-state index in [-0.39, 0.29) is 65.9 Å². The molecule has 62 heavy (non-hydrogen) atoms. The zero-order valence-electron chi connectivity index (χ0n) is 34.1. The number of amides is 2. The SMILES string of the molecule is Cc1cnc2c(N)c(C(=O)NCCc3cc(F)c(N4CC5CCC(C4)N5)cc3F)sc2n1.Cc1cnc2c(N)c(C(=O)NCCc3cc(F)c(N4CCNCC4)cc3F)sc2n1. The van der Waals surface area contributed by atoms with E-state index in [1.807, 2.05) is 23.6 Å². The lowest BCUT2D eigenvalue weighted by Gasteiger charge is -2.34. The van der Waals surface area contributed by atoms with Crippen LogP contribution >= 0.6 is 22.7 Å². The number of carbonyl (C=O) groups excluding carboxylic acids is 2. The van der Waals surface area contributed by atoms with E-state index in [9.17, 15) is 27.2 Å². The Balaban J connectivity index is 0.000000171. The van der Waals surface area contributed by atoms with Gasteiger partial charge in [-0.05, 0) is 62.8 Å². The standard InChI is InChI=1S/C22H24F2N6OS.C20H22F2N6OS/c1-11-8-27-19-18(25)20(32-22(19)28-11)21(31)26-5-4-12-6-16(24)17(7-15(12)23)30-9-13-2-3-14(10-30)29-13;1-11-10-26-17-16(23)18(30-20(17)27-11)19(29)25-3-2-12-8-14(22)15(9-13(12)21)28-6-4-24-5-7-28/h6-8,13-14,29H,2-5,9-10,25H2,1H3,(H,26,31);8-10,24H,2-7,23H2,1H3,(H,25,29). The number of aryl methyl sites for hydroxylation is 2. The third-order valence-corrected chi connectivity index (χ3v) is 13.3. The molecule has 14 nitrogen and oxygen atoms in total. The molecule has 3 aliphatic heterocycles. The van der Waals surface area contributed by atoms with Gasteiger partial charge in [0.15, 0.2) is 0 Å². The molecule has 3 saturated heterocycles. The number of carbonyl (C=O) groups is 2. The molecule has 3 aliphatic rings. The van der Waals surface area contributed by atoms with Crippen molar-refractivity contribution in [3.63, 3.8) is 0 Å². The minimum absolute atomic E-state index is 0.149. The smallest absolute Gasteiger partial charge is 0.263 e. The number of nitrogens with two attached hydrogens (primary N) is 2. The molecule has 8 N–H and O–H groups in total. The van der Waals surface area contributed by atoms with Gasteiger partial charge >= 0.3 is 0 Å². The second kappa shape index (κ2) is 18.3. The number of hydrogen-bond donors (Lipinski definition) is 6. The van der Waals surface area contributed by atoms with Crippen LogP contribution in [0.2, 0.25) is 0 Å². The van der Waals surface area contributed by atoms with Gasteiger partial charge in [-0.15, -0.1) is 22.7 Å². The number of benzene rings is 2. The van der Waals surface area contributed by atoms with Crippen molar-refractivity contribution < 1.29 is 27.2 Å². The van der Waals surface area contributed by atoms with Crippen LogP contribution in [0.3, 0.4) is 0 Å². The van der Waals surface area contributed by atoms with Crippen LogP contribution in [0.1, 0.15) is 54.7 Å². The second-order valence-electron chi connectivity index (χ2n) is 15.6. The molecule has 2 bridgehead atoms. The fourth-order valence-electron chi connectivity index (χ4n) is 7.98. The number of thiophene rings is 2. The Bertz CT molecular complexity index is 2640. The molecule has 2 unspecified atom stereocenters. The number of anilines is 4. The molecule has 2 amide bonds. The lowest BCUT2D eigenvalue weighted by Crippen LogP contribution is -2.51. The molecule has 7 heterocycles. The van der Waals surface area contributed by atoms with Crippen molar-refractivity contribution in [1.82, 2.24) is 41.2 Å². The van der Waals surface area contributed by atoms with E-state index in [0.29, 0.717) is 74.4 Å². The van der Waals surface area contributed by atoms with E-state index in [1.165, 1.54) is 35.6 Å². The molecule has 6 aromatic rings. The third kappa shape index (κ3) is 9.23. The largest absolute Gasteiger partial charge is 0.396 e. The number of rotatable bonds is 10. The predicted octanol–water partition coefficient (Wildman–Crippen LogP) is 5.02. The molecule has 0 saturated carbocycles. The van der Waals surface area contributed by atoms with Crippen LogP contribution in [0.15, 0.2) is 36.7 Å². The first-order valence-corrected chi connectivity index (χ1v) is 22.0. The minimum atomic E-state index is -0.482. The van der Waals surface area contributed by atoms with Crippen molar-refractivity contribution >= 4 is 77.9 Å². The van der Waals surface area contributed by atoms with Crippen molar-refractivity contribution in [3.8, 4) is 0 Å². The molecule has 20 heteroatoms. The highest BCUT2D eigenvalue weighted by atomic mass is 32.1. The first kappa shape index (κ1) is 43.0. The monoisotopic (exact) mass is 890 g/mol. The number of nitrogen functional groups attached to an aromatic ring is 2. The van der Waals surface area contributed by atoms with E-state index in [1.54, 1.807) is 12.4 Å². The van der Waals surface area contributed by atoms with Crippen LogP contribution < -0.4 is 42.5 Å². The molecule has 0 radical (unpaired) electrons. The van der Waals surface area contributed by atoms with Crippen LogP contribution in [0.4, 0.5) is 40.3 Å². The highest BCUT2D eigenvalue weighted by molar-refractivity contribution is 7.21. The maximum atomic E-state index is 14.8. The number of nitrogens with one attached hydrogen (secondary N) is 4. The summed E-state index contributed by atoms with van der Waals surface area (Å²) in [6.45, 7) is 8.02. The van der Waals surface area contributed by atoms with Gasteiger partial charge in [0.1, 0.15) is 53.7 Å². The van der Waals surface area contributed by atoms with Gasteiger partial charge in [0, 0.05) is 89.0 Å². The highest BCUT2D eigenvalue weighted by Gasteiger charge is 2.33. The summed E-state index contributed by atoms with van der Waals surface area (Å²) in [7, 11) is 0. The number of fused-ring (bicyclic) bond motifs is 4. The molecule has 326 valence electrons. The average molecular weight is 891 g/mol. The number of piperazine rings is 2. The quantitative estimate of drug-likeness (QED) is 0.101. The van der Waals surface area contributed by atoms with Gasteiger partial charge < -0.3 is 42.5 Å². The van der Waals surface area contributed by atoms with Crippen LogP contribution in [0.5, 0.6) is 0 Å². The van der Waals surface area contributed by atoms with Crippen LogP contribution in [-0.2, 0) is 12.8 Å². The fourth-order valence-corrected chi connectivity index (χ4v) is 10.0. The Kier molecular flexibility index (Phi) is 12.7. The van der Waals surface area contributed by atoms with Gasteiger partial charge in [-0.3, -0.25) is 9.59 Å². The molecule has 0 aliphatic carbocycles. The molecule has 0 spiro atoms. The van der Waals surface area contributed by atoms with E-state index < -0.39 is 23.3 Å². The summed E-state index contributed by atoms with van der Waals surface area (Å²) in [5, 5.41) is 12.1. The van der Waals surface area contributed by atoms with Crippen LogP contribution in [-0.4, -0.2) is 96.2 Å². The number of hydrogen-bond acceptors (Lipinski definition) is 14. The van der Waals surface area contributed by atoms with Gasteiger partial charge in [0.05, 0.1) is 34.1 Å². The Hall–Kier alpha value is -5.70. The van der Waals surface area contributed by atoms with E-state index >= 15 is 0 Å². The summed E-state index contributed by atoms with van der Waals surface area (Å²) < 4.78 is 58.6. The second-order valence-corrected chi connectivity index (χ2v) is 17.6. The Morgan fingerprint density at radius 1 is 0.710 bits per heavy atom. The van der Waals surface area contributed by atoms with Crippen molar-refractivity contribution in [2.45, 2.75) is 51.6 Å². The molecule has 4 aromatic heterocycles. The summed E-state index contributed by atoms with van der Waals surface area (Å²) >= 11 is 2.33. The van der Waals surface area contributed by atoms with E-state index in [0.717, 1.165) is 48.7 Å². The number of halogens is 4. The highest BCUT2D eigenvalue weighted by Crippen LogP contribution is 2.33. The maximum Gasteiger partial charge on any atom is 0.263 e. The van der Waals surface area contributed by atoms with E-state index in [4.69, 9.17) is 11.5 Å². The lowest BCUT2D eigenvalue weighted by molar-refractivity contribution is 0.0950. The van der Waals surface area contributed by atoms with Gasteiger partial charge in [-0.25, -0.2) is 37.5 Å². The molecule has 2 atom stereocenters. The van der Waals surface area contributed by atoms with E-state index in [2.05, 4.69) is 41.2 Å². The Labute approximate surface area is 362 Å². The first-order valence-electron chi connectivity index (χ1n) is 20.3. The zero-order valence-corrected chi connectivity index (χ0v) is 35.7. The molecule has 9 rings (SSSR count). The average Bonchev–Trinajstić information content (AvgIpc) is 3.89. The van der Waals surface area contributed by atoms with Crippen molar-refractivity contribution in [2.75, 3.05) is 73.6 Å². The summed E-state index contributed by atoms with van der Waals surface area (Å²) in [5.41, 5.74) is 16.1. The van der Waals surface area contributed by atoms with Gasteiger partial charge in [0.2, 0.25) is 0 Å². The number of aromatic nitrogens is 4. The van der Waals surface area contributed by atoms with Gasteiger partial charge in [-0.1, -0.05) is 0 Å². The Morgan fingerprint density at radius 2 is 1.16 bits per heavy atom. The fraction of sp³-hybridized carbons (Fsp3) is 0.381. The zero-order chi connectivity index (χ0) is 43.7. The summed E-state index contributed by atoms with van der Waals surface area (Å²) in [5.74, 6) is -2.60. The molecular weight excluding hydrogens is 845 g/mol. The molecular formula is C42H46F4N12O2S2. The van der Waals surface area contributed by atoms with Crippen molar-refractivity contribution in [3.05, 3.63) is 92.2 Å². The van der Waals surface area contributed by atoms with Crippen molar-refractivity contribution in [1.29, 1.82) is 0 Å². The van der Waals surface area contributed by atoms with Gasteiger partial charge in [-0.2, -0.15) is 0 Å². The third-order valence-electron chi connectivity index (χ3n) is 11.1. The topological polar surface area (TPSA) is 192 Å². The first-order chi connectivity index (χ1) is 29.8. The minimum Gasteiger partial charge on any atom is -0.396 e. The number of nitrogens with zero attached hydrogens (tertiary/aromatic N) is 6. The Morgan fingerprint density at radius 3 is 1.63 bits per heavy atom. The summed E-state index contributed by atoms with van der Waals surface area (Å²) in [6, 6.07) is 5.64. The molecule has 3 fully saturated rings. The summed E-state index contributed by atoms with van der Waals surface area (Å²) in [6.07, 6.45) is 5.66. The van der Waals surface area contributed by atoms with Crippen molar-refractivity contribution in [2.24, 2.45) is 0 Å². The van der Waals surface area contributed by atoms with Crippen LogP contribution in [0, 0.1) is 37.1 Å². The predicted molar refractivity (Wildman–Crippen MR) is 235 cm³/mol. The van der Waals surface area contributed by atoms with Gasteiger partial charge in [0.25, 0.3) is 11.8 Å². The lowest BCUT2D eigenvalue weighted by atomic mass is 10.1. The molecule has 2 aromatic carbocycles. The van der Waals surface area contributed by atoms with Crippen LogP contribution in [0.25, 0.3) is 20.7 Å². The summed E-state index contributed by atoms with van der Waals surface area (Å²) in [4.78, 5) is 47.8. The maximum absolute atomic E-state index is 14.8.